The van der Waals surface area contributed by atoms with Crippen molar-refractivity contribution in [1.29, 1.82) is 0 Å². The molecular formula is C12H9Cl3N2O2S. The van der Waals surface area contributed by atoms with E-state index in [-0.39, 0.29) is 20.1 Å². The molecule has 0 unspecified atom stereocenters. The highest BCUT2D eigenvalue weighted by Crippen LogP contribution is 2.25. The number of nitrogens with zero attached hydrogens (tertiary/aromatic N) is 1. The lowest BCUT2D eigenvalue weighted by Crippen LogP contribution is -2.14. The molecule has 1 N–H and O–H groups in total. The van der Waals surface area contributed by atoms with Crippen LogP contribution < -0.4 is 4.72 Å². The lowest BCUT2D eigenvalue weighted by Gasteiger charge is -2.10. The van der Waals surface area contributed by atoms with Crippen molar-refractivity contribution in [2.75, 3.05) is 4.72 Å². The van der Waals surface area contributed by atoms with Crippen LogP contribution in [0.5, 0.6) is 0 Å². The molecular weight excluding hydrogens is 343 g/mol. The molecule has 0 spiro atoms. The van der Waals surface area contributed by atoms with Crippen LogP contribution >= 0.6 is 34.8 Å². The third-order valence-corrected chi connectivity index (χ3v) is 4.43. The van der Waals surface area contributed by atoms with Crippen LogP contribution in [0.15, 0.2) is 35.2 Å². The Morgan fingerprint density at radius 1 is 1.05 bits per heavy atom. The van der Waals surface area contributed by atoms with Crippen LogP contribution in [0.2, 0.25) is 15.2 Å². The first-order valence-electron chi connectivity index (χ1n) is 5.40. The molecule has 0 amide bonds. The van der Waals surface area contributed by atoms with Gasteiger partial charge in [-0.25, -0.2) is 13.4 Å². The molecule has 0 aliphatic carbocycles. The molecule has 0 atom stereocenters. The number of aryl methyl sites for hydroxylation is 1. The zero-order valence-corrected chi connectivity index (χ0v) is 13.3. The van der Waals surface area contributed by atoms with Gasteiger partial charge in [0.25, 0.3) is 10.0 Å². The lowest BCUT2D eigenvalue weighted by atomic mass is 10.3. The molecule has 0 saturated carbocycles. The van der Waals surface area contributed by atoms with E-state index in [0.717, 1.165) is 0 Å². The van der Waals surface area contributed by atoms with Crippen molar-refractivity contribution < 1.29 is 8.42 Å². The van der Waals surface area contributed by atoms with E-state index >= 15 is 0 Å². The van der Waals surface area contributed by atoms with E-state index in [0.29, 0.717) is 11.4 Å². The minimum absolute atomic E-state index is 0.0237. The highest BCUT2D eigenvalue weighted by molar-refractivity contribution is 7.92. The number of hydrogen-bond acceptors (Lipinski definition) is 3. The predicted octanol–water partition coefficient (Wildman–Crippen LogP) is 4.15. The third kappa shape index (κ3) is 3.55. The van der Waals surface area contributed by atoms with E-state index in [4.69, 9.17) is 34.8 Å². The Morgan fingerprint density at radius 3 is 2.20 bits per heavy atom. The molecule has 1 aromatic carbocycles. The van der Waals surface area contributed by atoms with Crippen molar-refractivity contribution >= 4 is 50.5 Å². The molecule has 0 saturated heterocycles. The van der Waals surface area contributed by atoms with Gasteiger partial charge in [-0.05, 0) is 37.3 Å². The zero-order valence-electron chi connectivity index (χ0n) is 10.2. The van der Waals surface area contributed by atoms with Crippen LogP contribution in [0, 0.1) is 6.92 Å². The highest BCUT2D eigenvalue weighted by Gasteiger charge is 2.17. The first-order chi connectivity index (χ1) is 9.28. The number of pyridine rings is 1. The summed E-state index contributed by atoms with van der Waals surface area (Å²) in [7, 11) is -3.80. The molecule has 0 bridgehead atoms. The fraction of sp³-hybridized carbons (Fsp3) is 0.0833. The molecule has 0 aliphatic heterocycles. The largest absolute Gasteiger partial charge is 0.278 e. The van der Waals surface area contributed by atoms with Gasteiger partial charge in [0.1, 0.15) is 5.15 Å². The molecule has 1 heterocycles. The minimum Gasteiger partial charge on any atom is -0.278 e. The van der Waals surface area contributed by atoms with Gasteiger partial charge in [0.15, 0.2) is 0 Å². The van der Waals surface area contributed by atoms with Crippen molar-refractivity contribution in [1.82, 2.24) is 4.98 Å². The SMILES string of the molecule is Cc1nc(Cl)ccc1NS(=O)(=O)c1cc(Cl)cc(Cl)c1. The molecule has 106 valence electrons. The molecule has 0 aliphatic rings. The van der Waals surface area contributed by atoms with Gasteiger partial charge in [0, 0.05) is 10.0 Å². The minimum atomic E-state index is -3.80. The van der Waals surface area contributed by atoms with Crippen LogP contribution in [0.1, 0.15) is 5.69 Å². The monoisotopic (exact) mass is 350 g/mol. The number of nitrogens with one attached hydrogen (secondary N) is 1. The van der Waals surface area contributed by atoms with E-state index in [1.54, 1.807) is 6.92 Å². The Morgan fingerprint density at radius 2 is 1.65 bits per heavy atom. The standard InChI is InChI=1S/C12H9Cl3N2O2S/c1-7-11(2-3-12(15)16-7)17-20(18,19)10-5-8(13)4-9(14)6-10/h2-6,17H,1H3. The van der Waals surface area contributed by atoms with Gasteiger partial charge in [0.05, 0.1) is 16.3 Å². The Labute approximate surface area is 131 Å². The van der Waals surface area contributed by atoms with Gasteiger partial charge in [-0.15, -0.1) is 0 Å². The van der Waals surface area contributed by atoms with Crippen molar-refractivity contribution in [3.8, 4) is 0 Å². The zero-order chi connectivity index (χ0) is 14.9. The Bertz CT molecular complexity index is 743. The van der Waals surface area contributed by atoms with E-state index in [1.165, 1.54) is 30.3 Å². The maximum Gasteiger partial charge on any atom is 0.262 e. The number of sulfonamides is 1. The fourth-order valence-corrected chi connectivity index (χ4v) is 3.56. The van der Waals surface area contributed by atoms with Gasteiger partial charge in [0.2, 0.25) is 0 Å². The van der Waals surface area contributed by atoms with Crippen LogP contribution in [0.4, 0.5) is 5.69 Å². The van der Waals surface area contributed by atoms with Gasteiger partial charge >= 0.3 is 0 Å². The summed E-state index contributed by atoms with van der Waals surface area (Å²) in [6, 6.07) is 7.12. The fourth-order valence-electron chi connectivity index (χ4n) is 1.53. The predicted molar refractivity (Wildman–Crippen MR) is 81.3 cm³/mol. The first kappa shape index (κ1) is 15.4. The molecule has 1 aromatic heterocycles. The Kier molecular flexibility index (Phi) is 4.44. The molecule has 20 heavy (non-hydrogen) atoms. The number of aromatic nitrogens is 1. The second-order valence-electron chi connectivity index (χ2n) is 3.98. The Hall–Kier alpha value is -1.01. The second-order valence-corrected chi connectivity index (χ2v) is 6.92. The number of rotatable bonds is 3. The molecule has 2 aromatic rings. The summed E-state index contributed by atoms with van der Waals surface area (Å²) >= 11 is 17.3. The summed E-state index contributed by atoms with van der Waals surface area (Å²) in [6.07, 6.45) is 0. The van der Waals surface area contributed by atoms with Crippen molar-refractivity contribution in [3.05, 3.63) is 51.2 Å². The van der Waals surface area contributed by atoms with E-state index < -0.39 is 10.0 Å². The third-order valence-electron chi connectivity index (χ3n) is 2.44. The average molecular weight is 352 g/mol. The van der Waals surface area contributed by atoms with Crippen LogP contribution in [0.25, 0.3) is 0 Å². The summed E-state index contributed by atoms with van der Waals surface area (Å²) < 4.78 is 26.9. The molecule has 8 heteroatoms. The molecule has 4 nitrogen and oxygen atoms in total. The first-order valence-corrected chi connectivity index (χ1v) is 8.02. The summed E-state index contributed by atoms with van der Waals surface area (Å²) in [6.45, 7) is 1.65. The van der Waals surface area contributed by atoms with Crippen molar-refractivity contribution in [2.24, 2.45) is 0 Å². The van der Waals surface area contributed by atoms with Gasteiger partial charge in [-0.2, -0.15) is 0 Å². The van der Waals surface area contributed by atoms with Crippen LogP contribution in [0.3, 0.4) is 0 Å². The molecule has 2 rings (SSSR count). The molecule has 0 radical (unpaired) electrons. The van der Waals surface area contributed by atoms with E-state index in [9.17, 15) is 8.42 Å². The normalized spacial score (nSPS) is 11.4. The summed E-state index contributed by atoms with van der Waals surface area (Å²) in [5.74, 6) is 0. The number of anilines is 1. The smallest absolute Gasteiger partial charge is 0.262 e. The van der Waals surface area contributed by atoms with Gasteiger partial charge < -0.3 is 0 Å². The van der Waals surface area contributed by atoms with Gasteiger partial charge in [-0.3, -0.25) is 4.72 Å². The van der Waals surface area contributed by atoms with Gasteiger partial charge in [-0.1, -0.05) is 34.8 Å². The van der Waals surface area contributed by atoms with Crippen LogP contribution in [-0.2, 0) is 10.0 Å². The second kappa shape index (κ2) is 5.77. The quantitative estimate of drug-likeness (QED) is 0.845. The summed E-state index contributed by atoms with van der Waals surface area (Å²) in [5.41, 5.74) is 0.805. The summed E-state index contributed by atoms with van der Waals surface area (Å²) in [4.78, 5) is 3.95. The Balaban J connectivity index is 2.40. The number of benzene rings is 1. The topological polar surface area (TPSA) is 59.1 Å². The average Bonchev–Trinajstić information content (AvgIpc) is 2.31. The highest BCUT2D eigenvalue weighted by atomic mass is 35.5. The number of hydrogen-bond donors (Lipinski definition) is 1. The molecule has 0 fully saturated rings. The summed E-state index contributed by atoms with van der Waals surface area (Å²) in [5, 5.41) is 0.768. The van der Waals surface area contributed by atoms with E-state index in [2.05, 4.69) is 9.71 Å². The van der Waals surface area contributed by atoms with Crippen LogP contribution in [-0.4, -0.2) is 13.4 Å². The van der Waals surface area contributed by atoms with Crippen molar-refractivity contribution in [2.45, 2.75) is 11.8 Å². The lowest BCUT2D eigenvalue weighted by molar-refractivity contribution is 0.601. The maximum absolute atomic E-state index is 12.3. The number of halogens is 3. The maximum atomic E-state index is 12.3. The van der Waals surface area contributed by atoms with E-state index in [1.807, 2.05) is 0 Å². The van der Waals surface area contributed by atoms with Crippen molar-refractivity contribution in [3.63, 3.8) is 0 Å².